The topological polar surface area (TPSA) is 130 Å². The van der Waals surface area contributed by atoms with E-state index in [4.69, 9.17) is 27.7 Å². The van der Waals surface area contributed by atoms with Crippen LogP contribution in [0.3, 0.4) is 0 Å². The summed E-state index contributed by atoms with van der Waals surface area (Å²) in [5.74, 6) is -1.01. The van der Waals surface area contributed by atoms with Gasteiger partial charge in [0.15, 0.2) is 0 Å². The van der Waals surface area contributed by atoms with Gasteiger partial charge in [0.2, 0.25) is 16.0 Å². The third-order valence-electron chi connectivity index (χ3n) is 5.44. The van der Waals surface area contributed by atoms with Gasteiger partial charge in [-0.3, -0.25) is 15.2 Å². The van der Waals surface area contributed by atoms with Gasteiger partial charge in [0.1, 0.15) is 6.04 Å². The summed E-state index contributed by atoms with van der Waals surface area (Å²) in [5, 5.41) is 8.60. The number of nitrogens with zero attached hydrogens (tertiary/aromatic N) is 3. The van der Waals surface area contributed by atoms with Crippen molar-refractivity contribution in [2.24, 2.45) is 5.73 Å². The van der Waals surface area contributed by atoms with E-state index in [9.17, 15) is 13.2 Å². The Labute approximate surface area is 210 Å². The minimum absolute atomic E-state index is 0.0106. The molecule has 0 unspecified atom stereocenters. The Morgan fingerprint density at radius 1 is 1.20 bits per heavy atom. The number of aromatic nitrogens is 1. The largest absolute Gasteiger partial charge is 0.465 e. The van der Waals surface area contributed by atoms with Crippen molar-refractivity contribution in [3.05, 3.63) is 66.5 Å². The molecule has 186 valence electrons. The lowest BCUT2D eigenvalue weighted by molar-refractivity contribution is -0.147. The first-order valence-corrected chi connectivity index (χ1v) is 12.8. The van der Waals surface area contributed by atoms with Crippen molar-refractivity contribution in [3.63, 3.8) is 0 Å². The molecule has 11 heteroatoms. The first kappa shape index (κ1) is 26.4. The molecule has 0 aliphatic rings. The number of ether oxygens (including phenoxy) is 1. The van der Waals surface area contributed by atoms with E-state index in [1.807, 2.05) is 13.0 Å². The summed E-state index contributed by atoms with van der Waals surface area (Å²) in [7, 11) is -4.12. The van der Waals surface area contributed by atoms with E-state index in [1.165, 1.54) is 31.5 Å². The Kier molecular flexibility index (Phi) is 8.66. The molecule has 0 fully saturated rings. The highest BCUT2D eigenvalue weighted by molar-refractivity contribution is 7.89. The Morgan fingerprint density at radius 2 is 1.91 bits per heavy atom. The van der Waals surface area contributed by atoms with Gasteiger partial charge in [0.05, 0.1) is 23.4 Å². The molecule has 1 aromatic heterocycles. The fraction of sp³-hybridized carbons (Fsp3) is 0.292. The number of anilines is 1. The fourth-order valence-corrected chi connectivity index (χ4v) is 5.21. The predicted octanol–water partition coefficient (Wildman–Crippen LogP) is 4.01. The smallest absolute Gasteiger partial charge is 0.324 e. The normalized spacial score (nSPS) is 12.5. The van der Waals surface area contributed by atoms with Crippen LogP contribution in [-0.2, 0) is 26.1 Å². The van der Waals surface area contributed by atoms with Crippen LogP contribution in [0.25, 0.3) is 10.8 Å². The number of benzene rings is 2. The standard InChI is InChI=1S/C24H28ClN5O4S/c1-3-4-12-34-23(31)17(2)29(16-18-8-6-5-7-9-18)35(32,33)20-10-11-21-19(13-20)14-28-15-22(21)30(25)24(26)27/h5-11,13-15,17H,3-4,12,16H2,1-2H3,(H3,26,27)/t17-/m0/s1. The van der Waals surface area contributed by atoms with Gasteiger partial charge in [-0.05, 0) is 31.0 Å². The predicted molar refractivity (Wildman–Crippen MR) is 136 cm³/mol. The van der Waals surface area contributed by atoms with E-state index in [-0.39, 0.29) is 18.0 Å². The lowest BCUT2D eigenvalue weighted by atomic mass is 10.1. The molecule has 0 radical (unpaired) electrons. The average Bonchev–Trinajstić information content (AvgIpc) is 2.86. The summed E-state index contributed by atoms with van der Waals surface area (Å²) in [6.07, 6.45) is 4.47. The van der Waals surface area contributed by atoms with Crippen LogP contribution < -0.4 is 10.2 Å². The van der Waals surface area contributed by atoms with Crippen molar-refractivity contribution >= 4 is 50.2 Å². The molecule has 0 saturated carbocycles. The molecule has 0 aliphatic heterocycles. The van der Waals surface area contributed by atoms with Gasteiger partial charge in [-0.15, -0.1) is 0 Å². The minimum atomic E-state index is -4.12. The number of carbonyl (C=O) groups excluding carboxylic acids is 1. The molecule has 0 spiro atoms. The van der Waals surface area contributed by atoms with Crippen LogP contribution in [0.1, 0.15) is 32.3 Å². The van der Waals surface area contributed by atoms with Gasteiger partial charge in [-0.2, -0.15) is 4.31 Å². The lowest BCUT2D eigenvalue weighted by Crippen LogP contribution is -2.43. The van der Waals surface area contributed by atoms with Crippen molar-refractivity contribution in [3.8, 4) is 0 Å². The number of hydrogen-bond donors (Lipinski definition) is 2. The highest BCUT2D eigenvalue weighted by Crippen LogP contribution is 2.30. The van der Waals surface area contributed by atoms with E-state index < -0.39 is 28.0 Å². The van der Waals surface area contributed by atoms with E-state index in [0.717, 1.165) is 20.7 Å². The number of sulfonamides is 1. The van der Waals surface area contributed by atoms with Crippen molar-refractivity contribution < 1.29 is 17.9 Å². The maximum Gasteiger partial charge on any atom is 0.324 e. The van der Waals surface area contributed by atoms with Gasteiger partial charge in [0.25, 0.3) is 0 Å². The number of unbranched alkanes of at least 4 members (excludes halogenated alkanes) is 1. The number of fused-ring (bicyclic) bond motifs is 1. The second kappa shape index (κ2) is 11.5. The third kappa shape index (κ3) is 6.08. The lowest BCUT2D eigenvalue weighted by Gasteiger charge is -2.27. The van der Waals surface area contributed by atoms with Gasteiger partial charge in [0, 0.05) is 35.3 Å². The average molecular weight is 518 g/mol. The molecule has 0 saturated heterocycles. The van der Waals surface area contributed by atoms with Crippen LogP contribution in [0.2, 0.25) is 0 Å². The zero-order chi connectivity index (χ0) is 25.6. The molecule has 0 bridgehead atoms. The number of nitrogens with one attached hydrogen (secondary N) is 1. The van der Waals surface area contributed by atoms with E-state index in [0.29, 0.717) is 22.9 Å². The summed E-state index contributed by atoms with van der Waals surface area (Å²) in [6.45, 7) is 3.72. The number of esters is 1. The van der Waals surface area contributed by atoms with Crippen LogP contribution in [0, 0.1) is 5.41 Å². The van der Waals surface area contributed by atoms with Gasteiger partial charge < -0.3 is 10.5 Å². The maximum atomic E-state index is 13.8. The second-order valence-electron chi connectivity index (χ2n) is 7.94. The van der Waals surface area contributed by atoms with Crippen molar-refractivity contribution in [2.75, 3.05) is 11.0 Å². The Balaban J connectivity index is 2.03. The van der Waals surface area contributed by atoms with Crippen molar-refractivity contribution in [2.45, 2.75) is 44.2 Å². The monoisotopic (exact) mass is 517 g/mol. The van der Waals surface area contributed by atoms with Crippen molar-refractivity contribution in [1.82, 2.24) is 9.29 Å². The van der Waals surface area contributed by atoms with Gasteiger partial charge >= 0.3 is 5.97 Å². The number of halogens is 1. The van der Waals surface area contributed by atoms with Gasteiger partial charge in [-0.25, -0.2) is 12.8 Å². The molecule has 9 nitrogen and oxygen atoms in total. The molecule has 3 N–H and O–H groups in total. The molecule has 3 aromatic rings. The zero-order valence-corrected chi connectivity index (χ0v) is 21.1. The summed E-state index contributed by atoms with van der Waals surface area (Å²) in [5.41, 5.74) is 6.55. The van der Waals surface area contributed by atoms with Crippen molar-refractivity contribution in [1.29, 1.82) is 5.41 Å². The first-order chi connectivity index (χ1) is 16.7. The molecule has 1 heterocycles. The molecule has 0 aliphatic carbocycles. The number of guanidine groups is 1. The summed E-state index contributed by atoms with van der Waals surface area (Å²) in [6, 6.07) is 12.4. The second-order valence-corrected chi connectivity index (χ2v) is 10.2. The number of hydrogen-bond acceptors (Lipinski definition) is 6. The van der Waals surface area contributed by atoms with Crippen LogP contribution in [0.4, 0.5) is 5.69 Å². The quantitative estimate of drug-likeness (QED) is 0.136. The molecular weight excluding hydrogens is 490 g/mol. The molecule has 3 rings (SSSR count). The van der Waals surface area contributed by atoms with E-state index in [2.05, 4.69) is 4.98 Å². The molecular formula is C24H28ClN5O4S. The van der Waals surface area contributed by atoms with Crippen LogP contribution in [0.5, 0.6) is 0 Å². The Morgan fingerprint density at radius 3 is 2.57 bits per heavy atom. The highest BCUT2D eigenvalue weighted by atomic mass is 35.5. The van der Waals surface area contributed by atoms with E-state index in [1.54, 1.807) is 30.3 Å². The Bertz CT molecular complexity index is 1300. The van der Waals surface area contributed by atoms with E-state index >= 15 is 0 Å². The number of carbonyl (C=O) groups is 1. The molecule has 1 atom stereocenters. The minimum Gasteiger partial charge on any atom is -0.465 e. The van der Waals surface area contributed by atoms with Crippen LogP contribution >= 0.6 is 11.8 Å². The number of pyridine rings is 1. The SMILES string of the molecule is CCCCOC(=O)[C@H](C)N(Cc1ccccc1)S(=O)(=O)c1ccc2c(N(Cl)C(=N)N)cncc2c1. The van der Waals surface area contributed by atoms with Crippen LogP contribution in [0.15, 0.2) is 65.8 Å². The zero-order valence-electron chi connectivity index (χ0n) is 19.5. The molecule has 2 aromatic carbocycles. The molecule has 0 amide bonds. The first-order valence-electron chi connectivity index (χ1n) is 11.1. The highest BCUT2D eigenvalue weighted by Gasteiger charge is 2.34. The number of nitrogens with two attached hydrogens (primary N) is 1. The van der Waals surface area contributed by atoms with Crippen LogP contribution in [-0.4, -0.2) is 42.3 Å². The molecule has 35 heavy (non-hydrogen) atoms. The summed E-state index contributed by atoms with van der Waals surface area (Å²) >= 11 is 6.08. The number of rotatable bonds is 10. The maximum absolute atomic E-state index is 13.8. The fourth-order valence-electron chi connectivity index (χ4n) is 3.47. The summed E-state index contributed by atoms with van der Waals surface area (Å²) in [4.78, 5) is 16.8. The third-order valence-corrected chi connectivity index (χ3v) is 7.71. The van der Waals surface area contributed by atoms with Gasteiger partial charge in [-0.1, -0.05) is 49.7 Å². The Hall–Kier alpha value is -3.21. The summed E-state index contributed by atoms with van der Waals surface area (Å²) < 4.78 is 35.0.